The van der Waals surface area contributed by atoms with E-state index in [1.54, 1.807) is 13.0 Å². The van der Waals surface area contributed by atoms with Crippen molar-refractivity contribution in [3.05, 3.63) is 83.1 Å². The van der Waals surface area contributed by atoms with E-state index in [1.807, 2.05) is 37.3 Å². The topological polar surface area (TPSA) is 56.7 Å². The van der Waals surface area contributed by atoms with E-state index < -0.39 is 23.1 Å². The van der Waals surface area contributed by atoms with Crippen LogP contribution in [0.5, 0.6) is 0 Å². The smallest absolute Gasteiger partial charge is 0.357 e. The molecule has 0 amide bonds. The Labute approximate surface area is 178 Å². The number of halogens is 3. The quantitative estimate of drug-likeness (QED) is 0.480. The number of hydrogen-bond acceptors (Lipinski definition) is 2. The van der Waals surface area contributed by atoms with Crippen molar-refractivity contribution >= 4 is 22.4 Å². The summed E-state index contributed by atoms with van der Waals surface area (Å²) in [7, 11) is 0. The number of Topliss-reactive ketones (excluding diaryl/α,β-unsaturated/α-hetero) is 1. The lowest BCUT2D eigenvalue weighted by Crippen LogP contribution is -2.42. The summed E-state index contributed by atoms with van der Waals surface area (Å²) in [6, 6.07) is 12.6. The number of aromatic nitrogens is 1. The number of nitrogens with one attached hydrogen (secondary N) is 2. The predicted molar refractivity (Wildman–Crippen MR) is 116 cm³/mol. The van der Waals surface area contributed by atoms with Gasteiger partial charge in [-0.15, -0.1) is 0 Å². The normalized spacial score (nSPS) is 18.1. The lowest BCUT2D eigenvalue weighted by Gasteiger charge is -2.39. The van der Waals surface area contributed by atoms with Crippen LogP contribution >= 0.6 is 0 Å². The van der Waals surface area contributed by atoms with E-state index in [0.29, 0.717) is 17.7 Å². The summed E-state index contributed by atoms with van der Waals surface area (Å²) in [5, 5.41) is 9.36. The number of para-hydroxylation sites is 1. The third-order valence-corrected chi connectivity index (χ3v) is 6.41. The van der Waals surface area contributed by atoms with Gasteiger partial charge in [-0.1, -0.05) is 50.3 Å². The summed E-state index contributed by atoms with van der Waals surface area (Å²) in [6.45, 7) is 3.67. The average molecular weight is 424 g/mol. The maximum Gasteiger partial charge on any atom is 0.416 e. The van der Waals surface area contributed by atoms with Gasteiger partial charge >= 0.3 is 6.18 Å². The molecular weight excluding hydrogens is 401 g/mol. The summed E-state index contributed by atoms with van der Waals surface area (Å²) in [6.07, 6.45) is -0.222. The molecule has 1 aliphatic carbocycles. The standard InChI is InChI=1S/C25H23F3N2O/c1-3-21(31)24(4-2,15-9-11-16(12-10-15)25(26,27)28)18-13-14-19(29)22-17-7-5-6-8-20(17)30-23(18)22/h5-14,18,29-30H,3-4H2,1-2H3. The molecule has 6 heteroatoms. The summed E-state index contributed by atoms with van der Waals surface area (Å²) < 4.78 is 39.4. The van der Waals surface area contributed by atoms with Crippen molar-refractivity contribution in [3.63, 3.8) is 0 Å². The van der Waals surface area contributed by atoms with Gasteiger partial charge in [0.25, 0.3) is 0 Å². The highest BCUT2D eigenvalue weighted by Gasteiger charge is 2.47. The molecule has 31 heavy (non-hydrogen) atoms. The average Bonchev–Trinajstić information content (AvgIpc) is 3.16. The van der Waals surface area contributed by atoms with Crippen LogP contribution in [0.2, 0.25) is 0 Å². The minimum absolute atomic E-state index is 0.0394. The monoisotopic (exact) mass is 424 g/mol. The molecule has 3 aromatic rings. The highest BCUT2D eigenvalue weighted by atomic mass is 19.4. The summed E-state index contributed by atoms with van der Waals surface area (Å²) >= 11 is 0. The number of ketones is 1. The number of allylic oxidation sites excluding steroid dienone is 2. The molecule has 2 N–H and O–H groups in total. The van der Waals surface area contributed by atoms with Crippen LogP contribution in [0.15, 0.2) is 60.7 Å². The lowest BCUT2D eigenvalue weighted by molar-refractivity contribution is -0.137. The second kappa shape index (κ2) is 7.52. The molecular formula is C25H23F3N2O. The van der Waals surface area contributed by atoms with Crippen molar-refractivity contribution in [2.24, 2.45) is 0 Å². The second-order valence-electron chi connectivity index (χ2n) is 7.89. The molecule has 2 aromatic carbocycles. The number of benzene rings is 2. The zero-order valence-electron chi connectivity index (χ0n) is 17.3. The van der Waals surface area contributed by atoms with Gasteiger partial charge in [0.2, 0.25) is 0 Å². The van der Waals surface area contributed by atoms with Crippen LogP contribution in [0.25, 0.3) is 10.9 Å². The molecule has 0 spiro atoms. The van der Waals surface area contributed by atoms with Crippen LogP contribution in [-0.2, 0) is 16.4 Å². The van der Waals surface area contributed by atoms with Crippen molar-refractivity contribution in [2.45, 2.75) is 44.2 Å². The van der Waals surface area contributed by atoms with Gasteiger partial charge in [-0.25, -0.2) is 0 Å². The first-order valence-electron chi connectivity index (χ1n) is 10.3. The van der Waals surface area contributed by atoms with Crippen molar-refractivity contribution < 1.29 is 18.0 Å². The largest absolute Gasteiger partial charge is 0.416 e. The van der Waals surface area contributed by atoms with Crippen molar-refractivity contribution in [2.75, 3.05) is 0 Å². The Balaban J connectivity index is 1.95. The van der Waals surface area contributed by atoms with E-state index in [1.165, 1.54) is 12.1 Å². The number of H-pyrrole nitrogens is 1. The molecule has 0 saturated carbocycles. The van der Waals surface area contributed by atoms with Crippen LogP contribution in [0, 0.1) is 5.41 Å². The van der Waals surface area contributed by atoms with E-state index in [9.17, 15) is 18.0 Å². The Morgan fingerprint density at radius 1 is 1.03 bits per heavy atom. The third kappa shape index (κ3) is 3.21. The number of hydrogen-bond donors (Lipinski definition) is 2. The molecule has 4 rings (SSSR count). The van der Waals surface area contributed by atoms with E-state index in [0.717, 1.165) is 34.3 Å². The SMILES string of the molecule is CCC(=O)C(CC)(c1ccc(C(F)(F)F)cc1)C1C=CC(=N)c2c1[nH]c1ccccc21. The molecule has 2 unspecified atom stereocenters. The molecule has 0 saturated heterocycles. The number of aromatic amines is 1. The fourth-order valence-corrected chi connectivity index (χ4v) is 4.88. The summed E-state index contributed by atoms with van der Waals surface area (Å²) in [5.41, 5.74) is 1.51. The van der Waals surface area contributed by atoms with Crippen LogP contribution in [-0.4, -0.2) is 16.5 Å². The molecule has 1 heterocycles. The third-order valence-electron chi connectivity index (χ3n) is 6.41. The first-order valence-corrected chi connectivity index (χ1v) is 10.3. The molecule has 1 aromatic heterocycles. The summed E-state index contributed by atoms with van der Waals surface area (Å²) in [4.78, 5) is 16.8. The number of fused-ring (bicyclic) bond motifs is 3. The van der Waals surface area contributed by atoms with E-state index in [2.05, 4.69) is 4.98 Å². The maximum absolute atomic E-state index is 13.4. The minimum atomic E-state index is -4.44. The van der Waals surface area contributed by atoms with Gasteiger partial charge in [0.1, 0.15) is 5.78 Å². The Morgan fingerprint density at radius 2 is 1.68 bits per heavy atom. The molecule has 2 atom stereocenters. The van der Waals surface area contributed by atoms with Crippen molar-refractivity contribution in [1.29, 1.82) is 5.41 Å². The van der Waals surface area contributed by atoms with Gasteiger partial charge in [-0.05, 0) is 36.3 Å². The molecule has 0 bridgehead atoms. The first kappa shape index (κ1) is 21.1. The lowest BCUT2D eigenvalue weighted by atomic mass is 9.62. The molecule has 0 fully saturated rings. The number of alkyl halides is 3. The fourth-order valence-electron chi connectivity index (χ4n) is 4.88. The van der Waals surface area contributed by atoms with Crippen LogP contribution in [0.1, 0.15) is 55.0 Å². The van der Waals surface area contributed by atoms with Gasteiger partial charge in [0.05, 0.1) is 16.7 Å². The van der Waals surface area contributed by atoms with Crippen LogP contribution in [0.4, 0.5) is 13.2 Å². The van der Waals surface area contributed by atoms with E-state index in [4.69, 9.17) is 5.41 Å². The van der Waals surface area contributed by atoms with Gasteiger partial charge in [-0.3, -0.25) is 4.79 Å². The van der Waals surface area contributed by atoms with Gasteiger partial charge in [0.15, 0.2) is 0 Å². The zero-order valence-corrected chi connectivity index (χ0v) is 17.3. The Morgan fingerprint density at radius 3 is 2.29 bits per heavy atom. The highest BCUT2D eigenvalue weighted by molar-refractivity contribution is 6.17. The molecule has 160 valence electrons. The Kier molecular flexibility index (Phi) is 5.12. The van der Waals surface area contributed by atoms with Gasteiger partial charge < -0.3 is 10.4 Å². The van der Waals surface area contributed by atoms with Crippen LogP contribution in [0.3, 0.4) is 0 Å². The maximum atomic E-state index is 13.4. The number of carbonyl (C=O) groups excluding carboxylic acids is 1. The first-order chi connectivity index (χ1) is 14.7. The molecule has 3 nitrogen and oxygen atoms in total. The number of rotatable bonds is 5. The Hall–Kier alpha value is -3.15. The van der Waals surface area contributed by atoms with Crippen LogP contribution < -0.4 is 0 Å². The van der Waals surface area contributed by atoms with Crippen molar-refractivity contribution in [3.8, 4) is 0 Å². The van der Waals surface area contributed by atoms with Crippen molar-refractivity contribution in [1.82, 2.24) is 4.98 Å². The van der Waals surface area contributed by atoms with Gasteiger partial charge in [-0.2, -0.15) is 13.2 Å². The molecule has 1 aliphatic rings. The summed E-state index contributed by atoms with van der Waals surface area (Å²) in [5.74, 6) is -0.458. The highest BCUT2D eigenvalue weighted by Crippen LogP contribution is 2.48. The van der Waals surface area contributed by atoms with Gasteiger partial charge in [0, 0.05) is 34.5 Å². The van der Waals surface area contributed by atoms with E-state index in [-0.39, 0.29) is 12.2 Å². The predicted octanol–water partition coefficient (Wildman–Crippen LogP) is 6.54. The van der Waals surface area contributed by atoms with E-state index >= 15 is 0 Å². The molecule has 0 radical (unpaired) electrons. The second-order valence-corrected chi connectivity index (χ2v) is 7.89. The molecule has 0 aliphatic heterocycles. The minimum Gasteiger partial charge on any atom is -0.357 e. The Bertz CT molecular complexity index is 1190. The fraction of sp³-hybridized carbons (Fsp3) is 0.280. The number of carbonyl (C=O) groups is 1. The zero-order chi connectivity index (χ0) is 22.4.